The minimum atomic E-state index is 0.0199. The predicted octanol–water partition coefficient (Wildman–Crippen LogP) is 2.83. The summed E-state index contributed by atoms with van der Waals surface area (Å²) in [6.07, 6.45) is 3.55. The van der Waals surface area contributed by atoms with E-state index in [1.54, 1.807) is 7.11 Å². The van der Waals surface area contributed by atoms with Crippen LogP contribution in [-0.2, 0) is 4.74 Å². The van der Waals surface area contributed by atoms with Gasteiger partial charge in [-0.25, -0.2) is 0 Å². The van der Waals surface area contributed by atoms with Gasteiger partial charge in [-0.05, 0) is 46.1 Å². The fourth-order valence-electron chi connectivity index (χ4n) is 1.57. The summed E-state index contributed by atoms with van der Waals surface area (Å²) in [5.41, 5.74) is 0.0199. The molecule has 1 unspecified atom stereocenters. The Morgan fingerprint density at radius 2 is 1.86 bits per heavy atom. The van der Waals surface area contributed by atoms with Gasteiger partial charge < -0.3 is 10.1 Å². The quantitative estimate of drug-likeness (QED) is 0.684. The van der Waals surface area contributed by atoms with E-state index < -0.39 is 0 Å². The SMILES string of the molecule is CNC(CCC(C)(C)OC)CC(C)C. The lowest BCUT2D eigenvalue weighted by Gasteiger charge is -2.26. The molecule has 1 atom stereocenters. The van der Waals surface area contributed by atoms with Crippen molar-refractivity contribution < 1.29 is 4.74 Å². The molecule has 0 fully saturated rings. The second kappa shape index (κ2) is 6.41. The van der Waals surface area contributed by atoms with Crippen molar-refractivity contribution in [3.8, 4) is 0 Å². The Bertz CT molecular complexity index is 143. The summed E-state index contributed by atoms with van der Waals surface area (Å²) in [7, 11) is 3.84. The van der Waals surface area contributed by atoms with Gasteiger partial charge in [-0.3, -0.25) is 0 Å². The third-order valence-corrected chi connectivity index (χ3v) is 2.81. The first-order valence-electron chi connectivity index (χ1n) is 5.63. The molecule has 0 saturated heterocycles. The first kappa shape index (κ1) is 13.9. The lowest BCUT2D eigenvalue weighted by molar-refractivity contribution is 0.0114. The number of hydrogen-bond acceptors (Lipinski definition) is 2. The minimum absolute atomic E-state index is 0.0199. The van der Waals surface area contributed by atoms with Crippen LogP contribution in [0.3, 0.4) is 0 Å². The Hall–Kier alpha value is -0.0800. The fourth-order valence-corrected chi connectivity index (χ4v) is 1.57. The van der Waals surface area contributed by atoms with Crippen molar-refractivity contribution >= 4 is 0 Å². The molecule has 2 heteroatoms. The van der Waals surface area contributed by atoms with Gasteiger partial charge >= 0.3 is 0 Å². The molecule has 0 aliphatic carbocycles. The van der Waals surface area contributed by atoms with Gasteiger partial charge in [0.15, 0.2) is 0 Å². The molecule has 0 radical (unpaired) electrons. The molecule has 0 amide bonds. The summed E-state index contributed by atoms with van der Waals surface area (Å²) in [6, 6.07) is 0.629. The van der Waals surface area contributed by atoms with E-state index in [1.807, 2.05) is 7.05 Å². The highest BCUT2D eigenvalue weighted by Gasteiger charge is 2.18. The standard InChI is InChI=1S/C12H27NO/c1-10(2)9-11(13-5)7-8-12(3,4)14-6/h10-11,13H,7-9H2,1-6H3. The van der Waals surface area contributed by atoms with Crippen molar-refractivity contribution in [1.29, 1.82) is 0 Å². The van der Waals surface area contributed by atoms with Gasteiger partial charge in [0, 0.05) is 13.2 Å². The molecule has 0 aromatic carbocycles. The molecule has 1 N–H and O–H groups in total. The van der Waals surface area contributed by atoms with Gasteiger partial charge in [0.1, 0.15) is 0 Å². The first-order valence-corrected chi connectivity index (χ1v) is 5.63. The maximum absolute atomic E-state index is 5.41. The van der Waals surface area contributed by atoms with Crippen molar-refractivity contribution in [2.24, 2.45) is 5.92 Å². The lowest BCUT2D eigenvalue weighted by atomic mass is 9.94. The van der Waals surface area contributed by atoms with Crippen LogP contribution in [-0.4, -0.2) is 25.8 Å². The zero-order chi connectivity index (χ0) is 11.2. The van der Waals surface area contributed by atoms with Crippen LogP contribution in [0.4, 0.5) is 0 Å². The van der Waals surface area contributed by atoms with Gasteiger partial charge in [-0.2, -0.15) is 0 Å². The van der Waals surface area contributed by atoms with Gasteiger partial charge in [0.05, 0.1) is 5.60 Å². The third kappa shape index (κ3) is 6.39. The average Bonchev–Trinajstić information content (AvgIpc) is 2.12. The van der Waals surface area contributed by atoms with E-state index in [1.165, 1.54) is 12.8 Å². The second-order valence-corrected chi connectivity index (χ2v) is 5.12. The molecule has 2 nitrogen and oxygen atoms in total. The summed E-state index contributed by atoms with van der Waals surface area (Å²) < 4.78 is 5.41. The van der Waals surface area contributed by atoms with Crippen molar-refractivity contribution in [3.05, 3.63) is 0 Å². The molecule has 0 bridgehead atoms. The normalized spacial score (nSPS) is 14.8. The van der Waals surface area contributed by atoms with Gasteiger partial charge in [0.25, 0.3) is 0 Å². The van der Waals surface area contributed by atoms with E-state index in [2.05, 4.69) is 33.0 Å². The highest BCUT2D eigenvalue weighted by Crippen LogP contribution is 2.19. The van der Waals surface area contributed by atoms with Crippen molar-refractivity contribution in [2.75, 3.05) is 14.2 Å². The molecule has 0 aromatic heterocycles. The number of methoxy groups -OCH3 is 1. The number of rotatable bonds is 7. The fraction of sp³-hybridized carbons (Fsp3) is 1.00. The third-order valence-electron chi connectivity index (χ3n) is 2.81. The van der Waals surface area contributed by atoms with Crippen LogP contribution in [0, 0.1) is 5.92 Å². The summed E-state index contributed by atoms with van der Waals surface area (Å²) in [4.78, 5) is 0. The van der Waals surface area contributed by atoms with Gasteiger partial charge in [0.2, 0.25) is 0 Å². The molecule has 86 valence electrons. The monoisotopic (exact) mass is 201 g/mol. The summed E-state index contributed by atoms with van der Waals surface area (Å²) in [5, 5.41) is 3.37. The Morgan fingerprint density at radius 3 is 2.21 bits per heavy atom. The molecule has 14 heavy (non-hydrogen) atoms. The first-order chi connectivity index (χ1) is 6.41. The highest BCUT2D eigenvalue weighted by molar-refractivity contribution is 4.74. The van der Waals surface area contributed by atoms with E-state index in [0.717, 1.165) is 12.3 Å². The highest BCUT2D eigenvalue weighted by atomic mass is 16.5. The Labute approximate surface area is 89.4 Å². The minimum Gasteiger partial charge on any atom is -0.379 e. The maximum Gasteiger partial charge on any atom is 0.0623 e. The molecular weight excluding hydrogens is 174 g/mol. The van der Waals surface area contributed by atoms with Gasteiger partial charge in [-0.1, -0.05) is 13.8 Å². The van der Waals surface area contributed by atoms with Crippen LogP contribution in [0.25, 0.3) is 0 Å². The van der Waals surface area contributed by atoms with E-state index in [9.17, 15) is 0 Å². The predicted molar refractivity (Wildman–Crippen MR) is 62.6 cm³/mol. The van der Waals surface area contributed by atoms with Crippen LogP contribution < -0.4 is 5.32 Å². The lowest BCUT2D eigenvalue weighted by Crippen LogP contribution is -2.31. The zero-order valence-corrected chi connectivity index (χ0v) is 10.7. The maximum atomic E-state index is 5.41. The topological polar surface area (TPSA) is 21.3 Å². The number of nitrogens with one attached hydrogen (secondary N) is 1. The Morgan fingerprint density at radius 1 is 1.29 bits per heavy atom. The van der Waals surface area contributed by atoms with Crippen LogP contribution in [0.2, 0.25) is 0 Å². The molecule has 0 saturated carbocycles. The van der Waals surface area contributed by atoms with Crippen molar-refractivity contribution in [2.45, 2.75) is 58.6 Å². The largest absolute Gasteiger partial charge is 0.379 e. The summed E-state index contributed by atoms with van der Waals surface area (Å²) in [5.74, 6) is 0.762. The molecule has 0 aliphatic heterocycles. The van der Waals surface area contributed by atoms with Gasteiger partial charge in [-0.15, -0.1) is 0 Å². The van der Waals surface area contributed by atoms with Crippen molar-refractivity contribution in [3.63, 3.8) is 0 Å². The molecule has 0 heterocycles. The Balaban J connectivity index is 3.83. The molecule has 0 aromatic rings. The van der Waals surface area contributed by atoms with Crippen molar-refractivity contribution in [1.82, 2.24) is 5.32 Å². The zero-order valence-electron chi connectivity index (χ0n) is 10.7. The smallest absolute Gasteiger partial charge is 0.0623 e. The van der Waals surface area contributed by atoms with E-state index in [4.69, 9.17) is 4.74 Å². The van der Waals surface area contributed by atoms with Crippen LogP contribution >= 0.6 is 0 Å². The number of ether oxygens (including phenoxy) is 1. The molecule has 0 rings (SSSR count). The molecule has 0 spiro atoms. The summed E-state index contributed by atoms with van der Waals surface area (Å²) in [6.45, 7) is 8.84. The average molecular weight is 201 g/mol. The van der Waals surface area contributed by atoms with Crippen LogP contribution in [0.15, 0.2) is 0 Å². The van der Waals surface area contributed by atoms with E-state index in [0.29, 0.717) is 6.04 Å². The van der Waals surface area contributed by atoms with Crippen LogP contribution in [0.1, 0.15) is 47.0 Å². The molecule has 0 aliphatic rings. The van der Waals surface area contributed by atoms with E-state index in [-0.39, 0.29) is 5.60 Å². The van der Waals surface area contributed by atoms with E-state index >= 15 is 0 Å². The molecular formula is C12H27NO. The Kier molecular flexibility index (Phi) is 6.38. The second-order valence-electron chi connectivity index (χ2n) is 5.12. The summed E-state index contributed by atoms with van der Waals surface area (Å²) >= 11 is 0. The van der Waals surface area contributed by atoms with Crippen LogP contribution in [0.5, 0.6) is 0 Å². The number of hydrogen-bond donors (Lipinski definition) is 1.